The molecule has 1 N–H and O–H groups in total. The van der Waals surface area contributed by atoms with E-state index in [0.717, 1.165) is 10.9 Å². The van der Waals surface area contributed by atoms with Gasteiger partial charge < -0.3 is 5.32 Å². The molecule has 7 heteroatoms. The lowest BCUT2D eigenvalue weighted by Crippen LogP contribution is -2.41. The Morgan fingerprint density at radius 2 is 1.81 bits per heavy atom. The number of sulfonamides is 1. The van der Waals surface area contributed by atoms with E-state index in [4.69, 9.17) is 0 Å². The molecule has 0 unspecified atom stereocenters. The van der Waals surface area contributed by atoms with Crippen LogP contribution in [0.5, 0.6) is 0 Å². The van der Waals surface area contributed by atoms with Gasteiger partial charge in [0.1, 0.15) is 0 Å². The first kappa shape index (κ1) is 18.1. The number of hydrogen-bond acceptors (Lipinski definition) is 3. The van der Waals surface area contributed by atoms with Gasteiger partial charge in [0.2, 0.25) is 15.9 Å². The molecule has 0 saturated heterocycles. The highest BCUT2D eigenvalue weighted by atomic mass is 79.9. The molecule has 0 aliphatic heterocycles. The third-order valence-corrected chi connectivity index (χ3v) is 5.20. The van der Waals surface area contributed by atoms with E-state index < -0.39 is 10.0 Å². The Morgan fingerprint density at radius 3 is 2.33 bits per heavy atom. The fourth-order valence-corrected chi connectivity index (χ4v) is 3.52. The van der Waals surface area contributed by atoms with E-state index >= 15 is 0 Å². The Morgan fingerprint density at radius 1 is 1.19 bits per heavy atom. The Hall–Kier alpha value is -0.920. The lowest BCUT2D eigenvalue weighted by Gasteiger charge is -2.21. The second-order valence-electron chi connectivity index (χ2n) is 4.64. The highest BCUT2D eigenvalue weighted by molar-refractivity contribution is 9.10. The number of halogens is 1. The van der Waals surface area contributed by atoms with Crippen molar-refractivity contribution < 1.29 is 13.2 Å². The normalized spacial score (nSPS) is 11.6. The van der Waals surface area contributed by atoms with Gasteiger partial charge in [-0.2, -0.15) is 4.31 Å². The van der Waals surface area contributed by atoms with Crippen molar-refractivity contribution in [2.75, 3.05) is 19.6 Å². The smallest absolute Gasteiger partial charge is 0.243 e. The third-order valence-electron chi connectivity index (χ3n) is 2.82. The first-order valence-corrected chi connectivity index (χ1v) is 9.17. The summed E-state index contributed by atoms with van der Waals surface area (Å²) in [7, 11) is -3.65. The summed E-state index contributed by atoms with van der Waals surface area (Å²) in [6, 6.07) is 6.42. The molecule has 0 atom stereocenters. The molecule has 0 aliphatic carbocycles. The molecule has 0 fully saturated rings. The number of nitrogens with one attached hydrogen (secondary N) is 1. The zero-order valence-corrected chi connectivity index (χ0v) is 14.7. The summed E-state index contributed by atoms with van der Waals surface area (Å²) < 4.78 is 27.2. The van der Waals surface area contributed by atoms with Gasteiger partial charge in [-0.3, -0.25) is 4.79 Å². The number of hydrogen-bond donors (Lipinski definition) is 1. The van der Waals surface area contributed by atoms with Gasteiger partial charge in [0.05, 0.1) is 11.4 Å². The number of nitrogens with zero attached hydrogens (tertiary/aromatic N) is 1. The van der Waals surface area contributed by atoms with Gasteiger partial charge in [-0.1, -0.05) is 29.8 Å². The van der Waals surface area contributed by atoms with Crippen molar-refractivity contribution in [3.05, 3.63) is 28.7 Å². The molecular formula is C14H21BrN2O3S. The molecule has 1 aromatic carbocycles. The van der Waals surface area contributed by atoms with Crippen LogP contribution in [0.15, 0.2) is 33.6 Å². The molecule has 0 saturated carbocycles. The summed E-state index contributed by atoms with van der Waals surface area (Å²) in [5.41, 5.74) is 0. The predicted octanol–water partition coefficient (Wildman–Crippen LogP) is 2.38. The summed E-state index contributed by atoms with van der Waals surface area (Å²) >= 11 is 3.28. The van der Waals surface area contributed by atoms with Crippen molar-refractivity contribution in [3.63, 3.8) is 0 Å². The summed E-state index contributed by atoms with van der Waals surface area (Å²) in [6.07, 6.45) is 1.47. The van der Waals surface area contributed by atoms with Gasteiger partial charge in [-0.25, -0.2) is 8.42 Å². The molecule has 0 bridgehead atoms. The monoisotopic (exact) mass is 376 g/mol. The number of benzene rings is 1. The van der Waals surface area contributed by atoms with E-state index in [-0.39, 0.29) is 17.3 Å². The predicted molar refractivity (Wildman–Crippen MR) is 86.5 cm³/mol. The van der Waals surface area contributed by atoms with E-state index in [9.17, 15) is 13.2 Å². The summed E-state index contributed by atoms with van der Waals surface area (Å²) in [5, 5.41) is 2.70. The zero-order chi connectivity index (χ0) is 15.9. The summed E-state index contributed by atoms with van der Waals surface area (Å²) in [4.78, 5) is 12.0. The minimum absolute atomic E-state index is 0.147. The third kappa shape index (κ3) is 5.41. The topological polar surface area (TPSA) is 66.5 Å². The summed E-state index contributed by atoms with van der Waals surface area (Å²) in [6.45, 7) is 4.55. The van der Waals surface area contributed by atoms with E-state index in [2.05, 4.69) is 21.2 Å². The quantitative estimate of drug-likeness (QED) is 0.757. The van der Waals surface area contributed by atoms with Crippen molar-refractivity contribution in [2.45, 2.75) is 31.6 Å². The minimum Gasteiger partial charge on any atom is -0.355 e. The fourth-order valence-electron chi connectivity index (χ4n) is 1.77. The van der Waals surface area contributed by atoms with Crippen LogP contribution >= 0.6 is 15.9 Å². The lowest BCUT2D eigenvalue weighted by atomic mass is 10.4. The zero-order valence-electron chi connectivity index (χ0n) is 12.3. The second kappa shape index (κ2) is 8.51. The molecule has 0 heterocycles. The van der Waals surface area contributed by atoms with Gasteiger partial charge in [0.15, 0.2) is 0 Å². The summed E-state index contributed by atoms with van der Waals surface area (Å²) in [5.74, 6) is -0.272. The Labute approximate surface area is 134 Å². The first-order valence-electron chi connectivity index (χ1n) is 6.94. The van der Waals surface area contributed by atoms with Crippen molar-refractivity contribution >= 4 is 31.9 Å². The van der Waals surface area contributed by atoms with E-state index in [1.807, 2.05) is 13.8 Å². The number of amides is 1. The van der Waals surface area contributed by atoms with Gasteiger partial charge in [-0.15, -0.1) is 0 Å². The standard InChI is InChI=1S/C14H21BrN2O3S/c1-3-9-16-14(18)11-17(10-4-2)21(19,20)13-7-5-12(15)6-8-13/h5-8H,3-4,9-11H2,1-2H3,(H,16,18). The van der Waals surface area contributed by atoms with Crippen LogP contribution in [0.2, 0.25) is 0 Å². The molecule has 0 radical (unpaired) electrons. The molecule has 0 aromatic heterocycles. The Balaban J connectivity index is 2.92. The lowest BCUT2D eigenvalue weighted by molar-refractivity contribution is -0.121. The van der Waals surface area contributed by atoms with E-state index in [1.165, 1.54) is 16.4 Å². The van der Waals surface area contributed by atoms with Crippen LogP contribution in [0.3, 0.4) is 0 Å². The first-order chi connectivity index (χ1) is 9.91. The highest BCUT2D eigenvalue weighted by Crippen LogP contribution is 2.18. The number of carbonyl (C=O) groups excluding carboxylic acids is 1. The van der Waals surface area contributed by atoms with E-state index in [1.54, 1.807) is 12.1 Å². The molecule has 5 nitrogen and oxygen atoms in total. The van der Waals surface area contributed by atoms with Crippen molar-refractivity contribution in [3.8, 4) is 0 Å². The SMILES string of the molecule is CCCNC(=O)CN(CCC)S(=O)(=O)c1ccc(Br)cc1. The largest absolute Gasteiger partial charge is 0.355 e. The van der Waals surface area contributed by atoms with Crippen LogP contribution in [0, 0.1) is 0 Å². The van der Waals surface area contributed by atoms with E-state index in [0.29, 0.717) is 19.5 Å². The molecule has 0 spiro atoms. The molecule has 0 aliphatic rings. The Bertz CT molecular complexity index is 558. The average Bonchev–Trinajstić information content (AvgIpc) is 2.45. The van der Waals surface area contributed by atoms with Crippen molar-refractivity contribution in [1.82, 2.24) is 9.62 Å². The maximum absolute atomic E-state index is 12.6. The molecule has 1 rings (SSSR count). The van der Waals surface area contributed by atoms with Crippen LogP contribution in [0.25, 0.3) is 0 Å². The molecule has 118 valence electrons. The average molecular weight is 377 g/mol. The molecule has 1 amide bonds. The van der Waals surface area contributed by atoms with Crippen LogP contribution in [-0.2, 0) is 14.8 Å². The second-order valence-corrected chi connectivity index (χ2v) is 7.50. The highest BCUT2D eigenvalue weighted by Gasteiger charge is 2.25. The van der Waals surface area contributed by atoms with Crippen LogP contribution in [-0.4, -0.2) is 38.3 Å². The van der Waals surface area contributed by atoms with Crippen molar-refractivity contribution in [1.29, 1.82) is 0 Å². The number of rotatable bonds is 8. The van der Waals surface area contributed by atoms with Gasteiger partial charge in [0.25, 0.3) is 0 Å². The van der Waals surface area contributed by atoms with Gasteiger partial charge in [0, 0.05) is 17.6 Å². The minimum atomic E-state index is -3.65. The van der Waals surface area contributed by atoms with Gasteiger partial charge in [-0.05, 0) is 37.1 Å². The molecular weight excluding hydrogens is 356 g/mol. The maximum atomic E-state index is 12.6. The molecule has 21 heavy (non-hydrogen) atoms. The Kier molecular flexibility index (Phi) is 7.34. The fraction of sp³-hybridized carbons (Fsp3) is 0.500. The maximum Gasteiger partial charge on any atom is 0.243 e. The molecule has 1 aromatic rings. The van der Waals surface area contributed by atoms with Gasteiger partial charge >= 0.3 is 0 Å². The van der Waals surface area contributed by atoms with Crippen LogP contribution in [0.1, 0.15) is 26.7 Å². The number of carbonyl (C=O) groups is 1. The van der Waals surface area contributed by atoms with Crippen LogP contribution < -0.4 is 5.32 Å². The van der Waals surface area contributed by atoms with Crippen molar-refractivity contribution in [2.24, 2.45) is 0 Å². The van der Waals surface area contributed by atoms with Crippen LogP contribution in [0.4, 0.5) is 0 Å².